The van der Waals surface area contributed by atoms with Crippen molar-refractivity contribution in [1.29, 1.82) is 0 Å². The molecule has 0 unspecified atom stereocenters. The Bertz CT molecular complexity index is 6950. The van der Waals surface area contributed by atoms with Gasteiger partial charge in [0.2, 0.25) is 0 Å². The van der Waals surface area contributed by atoms with Crippen LogP contribution in [0.1, 0.15) is 113 Å². The molecule has 16 rings (SSSR count). The summed E-state index contributed by atoms with van der Waals surface area (Å²) < 4.78 is 187. The van der Waals surface area contributed by atoms with E-state index >= 15 is 0 Å². The summed E-state index contributed by atoms with van der Waals surface area (Å²) in [4.78, 5) is 17.5. The number of aryl methyl sites for hydroxylation is 3. The number of pyridine rings is 4. The summed E-state index contributed by atoms with van der Waals surface area (Å²) >= 11 is 0. The third kappa shape index (κ3) is 19.9. The minimum absolute atomic E-state index is 0.00610. The van der Waals surface area contributed by atoms with Crippen molar-refractivity contribution in [2.45, 2.75) is 125 Å². The fraction of sp³-hybridized carbons (Fsp3) is 0.182. The van der Waals surface area contributed by atoms with Crippen molar-refractivity contribution in [3.05, 3.63) is 307 Å². The fourth-order valence-corrected chi connectivity index (χ4v) is 17.2. The Morgan fingerprint density at radius 1 is 0.369 bits per heavy atom. The molecule has 8 heterocycles. The number of nitrogens with one attached hydrogen (secondary N) is 4. The van der Waals surface area contributed by atoms with E-state index in [4.69, 9.17) is 0 Å². The molecule has 8 aromatic heterocycles. The molecule has 8 aromatic carbocycles. The lowest BCUT2D eigenvalue weighted by molar-refractivity contribution is -0.274. The third-order valence-corrected chi connectivity index (χ3v) is 25.2. The number of benzene rings is 8. The molecule has 0 aliphatic heterocycles. The van der Waals surface area contributed by atoms with Crippen molar-refractivity contribution < 1.29 is 60.4 Å². The lowest BCUT2D eigenvalue weighted by Crippen LogP contribution is -2.18. The Hall–Kier alpha value is -13.3. The second-order valence-electron chi connectivity index (χ2n) is 29.5. The van der Waals surface area contributed by atoms with Crippen molar-refractivity contribution in [2.24, 2.45) is 0 Å². The first-order valence-electron chi connectivity index (χ1n) is 38.2. The molecule has 0 spiro atoms. The van der Waals surface area contributed by atoms with Gasteiger partial charge in [0.05, 0.1) is 81.5 Å². The molecular formula is C88H83F5N16O9S4. The largest absolute Gasteiger partial charge is 0.573 e. The van der Waals surface area contributed by atoms with Crippen LogP contribution in [0.3, 0.4) is 0 Å². The van der Waals surface area contributed by atoms with Gasteiger partial charge in [0.25, 0.3) is 46.5 Å². The first kappa shape index (κ1) is 86.5. The van der Waals surface area contributed by atoms with Crippen LogP contribution in [0.25, 0.3) is 66.4 Å². The van der Waals surface area contributed by atoms with Crippen LogP contribution >= 0.6 is 0 Å². The van der Waals surface area contributed by atoms with E-state index in [0.717, 1.165) is 92.0 Å². The molecule has 34 heteroatoms. The van der Waals surface area contributed by atoms with Gasteiger partial charge in [-0.25, -0.2) is 61.2 Å². The monoisotopic (exact) mass is 1730 g/mol. The molecule has 628 valence electrons. The van der Waals surface area contributed by atoms with Crippen molar-refractivity contribution in [2.75, 3.05) is 18.9 Å². The summed E-state index contributed by atoms with van der Waals surface area (Å²) in [5.41, 5.74) is 10.2. The quantitative estimate of drug-likeness (QED) is 0.0458. The van der Waals surface area contributed by atoms with E-state index < -0.39 is 64.3 Å². The topological polar surface area (TPSA) is 317 Å². The third-order valence-electron chi connectivity index (χ3n) is 19.7. The molecule has 0 atom stereocenters. The fourth-order valence-electron chi connectivity index (χ4n) is 13.1. The number of anilines is 4. The van der Waals surface area contributed by atoms with Crippen molar-refractivity contribution >= 4 is 107 Å². The number of alkyl halides is 5. The second-order valence-corrected chi connectivity index (χ2v) is 36.2. The molecule has 0 radical (unpaired) electrons. The van der Waals surface area contributed by atoms with Crippen LogP contribution in [0.5, 0.6) is 5.75 Å². The smallest absolute Gasteiger partial charge is 0.406 e. The van der Waals surface area contributed by atoms with Gasteiger partial charge in [-0.1, -0.05) is 109 Å². The van der Waals surface area contributed by atoms with E-state index in [9.17, 15) is 55.6 Å². The van der Waals surface area contributed by atoms with Crippen LogP contribution in [0.2, 0.25) is 0 Å². The van der Waals surface area contributed by atoms with Gasteiger partial charge < -0.3 is 4.74 Å². The number of fused-ring (bicyclic) bond motifs is 4. The number of sulfonamides is 4. The maximum atomic E-state index is 13.4. The Balaban J connectivity index is 0.000000140. The number of hydrogen-bond acceptors (Lipinski definition) is 17. The molecular weight excluding hydrogens is 1650 g/mol. The highest BCUT2D eigenvalue weighted by Crippen LogP contribution is 2.36. The van der Waals surface area contributed by atoms with Gasteiger partial charge in [0.15, 0.2) is 0 Å². The van der Waals surface area contributed by atoms with Crippen LogP contribution in [-0.2, 0) is 45.5 Å². The van der Waals surface area contributed by atoms with Gasteiger partial charge >= 0.3 is 6.36 Å². The Labute approximate surface area is 701 Å². The lowest BCUT2D eigenvalue weighted by Gasteiger charge is -2.23. The molecule has 0 fully saturated rings. The highest BCUT2D eigenvalue weighted by Gasteiger charge is 2.32. The van der Waals surface area contributed by atoms with Gasteiger partial charge in [-0.2, -0.15) is 20.4 Å². The highest BCUT2D eigenvalue weighted by atomic mass is 32.2. The standard InChI is InChI=1S/C24H26N4O2S.C22H20F2N4O2S.C22H22N4O2S.C20H15F3N4O3S/c1-5-24(3,4)18-11-13-19(14-12-18)31(29,30)27-23-16-17(2)26-28(23)22-10-6-9-21-20(22)8-7-15-25-21;1-14(2)15-8-10-16(11-9-15)31(29,30)27-21-13-19(22(23)24)26-28(21)20-7-3-6-18-17(20)5-4-12-25-18;1-15(2)17-9-11-18(12-10-17)29(27,28)25-22-14-16(3)24-26(22)21-8-4-7-20-19(21)6-5-13-23-20;1-13-12-19(27(25-13)18-6-2-5-17-16(18)4-3-11-24-17)26-31(28,29)15-9-7-14(8-10-15)30-20(21,22)23/h6-16,27H,5H2,1-4H3;3-14,22,27H,1-2H3;4-15,25H,1-3H3;2-12,26H,1H3. The predicted octanol–water partition coefficient (Wildman–Crippen LogP) is 19.6. The van der Waals surface area contributed by atoms with E-state index in [1.54, 1.807) is 144 Å². The van der Waals surface area contributed by atoms with E-state index in [2.05, 4.69) is 98.6 Å². The Morgan fingerprint density at radius 2 is 0.648 bits per heavy atom. The second kappa shape index (κ2) is 35.6. The van der Waals surface area contributed by atoms with E-state index in [1.165, 1.54) is 21.5 Å². The molecule has 0 saturated heterocycles. The predicted molar refractivity (Wildman–Crippen MR) is 462 cm³/mol. The van der Waals surface area contributed by atoms with Crippen LogP contribution in [0.15, 0.2) is 287 Å². The summed E-state index contributed by atoms with van der Waals surface area (Å²) in [6.07, 6.45) is -0.0344. The van der Waals surface area contributed by atoms with Gasteiger partial charge in [-0.3, -0.25) is 38.8 Å². The van der Waals surface area contributed by atoms with Gasteiger partial charge in [0, 0.05) is 70.6 Å². The number of halogens is 5. The van der Waals surface area contributed by atoms with Crippen LogP contribution < -0.4 is 23.6 Å². The summed E-state index contributed by atoms with van der Waals surface area (Å²) in [5.74, 6) is 0.918. The molecule has 16 aromatic rings. The average Bonchev–Trinajstić information content (AvgIpc) is 1.61. The maximum absolute atomic E-state index is 13.4. The SMILES string of the molecule is CC(C)c1ccc(S(=O)(=O)Nc2cc(C(F)F)nn2-c2cccc3ncccc23)cc1.CCC(C)(C)c1ccc(S(=O)(=O)Nc2cc(C)nn2-c2cccc3ncccc23)cc1.Cc1cc(NS(=O)(=O)c2ccc(C(C)C)cc2)n(-c2cccc3ncccc23)n1.Cc1cc(NS(=O)(=O)c2ccc(OC(F)(F)F)cc2)n(-c2cccc3ncccc23)n1. The Kier molecular flexibility index (Phi) is 25.2. The minimum atomic E-state index is -4.87. The molecule has 0 aliphatic carbocycles. The first-order valence-corrected chi connectivity index (χ1v) is 44.1. The molecule has 4 N–H and O–H groups in total. The first-order chi connectivity index (χ1) is 57.9. The van der Waals surface area contributed by atoms with Gasteiger partial charge in [0.1, 0.15) is 34.7 Å². The minimum Gasteiger partial charge on any atom is -0.406 e. The molecule has 0 amide bonds. The van der Waals surface area contributed by atoms with E-state index in [0.29, 0.717) is 62.4 Å². The number of nitrogens with zero attached hydrogens (tertiary/aromatic N) is 12. The van der Waals surface area contributed by atoms with Crippen LogP contribution in [0, 0.1) is 20.8 Å². The van der Waals surface area contributed by atoms with E-state index in [-0.39, 0.29) is 42.6 Å². The normalized spacial score (nSPS) is 12.1. The molecule has 25 nitrogen and oxygen atoms in total. The molecule has 0 bridgehead atoms. The van der Waals surface area contributed by atoms with Crippen molar-refractivity contribution in [3.8, 4) is 28.5 Å². The van der Waals surface area contributed by atoms with Crippen molar-refractivity contribution in [3.63, 3.8) is 0 Å². The van der Waals surface area contributed by atoms with Crippen molar-refractivity contribution in [1.82, 2.24) is 59.1 Å². The van der Waals surface area contributed by atoms with E-state index in [1.807, 2.05) is 125 Å². The summed E-state index contributed by atoms with van der Waals surface area (Å²) in [6, 6.07) is 67.0. The van der Waals surface area contributed by atoms with Crippen LogP contribution in [-0.4, -0.2) is 99.1 Å². The lowest BCUT2D eigenvalue weighted by atomic mass is 9.82. The number of aromatic nitrogens is 12. The highest BCUT2D eigenvalue weighted by molar-refractivity contribution is 7.93. The number of rotatable bonds is 22. The Morgan fingerprint density at radius 3 is 0.926 bits per heavy atom. The molecule has 0 saturated carbocycles. The number of ether oxygens (including phenoxy) is 1. The number of hydrogen-bond donors (Lipinski definition) is 4. The summed E-state index contributed by atoms with van der Waals surface area (Å²) in [6.45, 7) is 19.9. The van der Waals surface area contributed by atoms with Gasteiger partial charge in [-0.15, -0.1) is 13.2 Å². The summed E-state index contributed by atoms with van der Waals surface area (Å²) in [5, 5.41) is 20.6. The molecule has 0 aliphatic rings. The van der Waals surface area contributed by atoms with Gasteiger partial charge in [-0.05, 0) is 219 Å². The summed E-state index contributed by atoms with van der Waals surface area (Å²) in [7, 11) is -15.7. The zero-order chi connectivity index (χ0) is 87.2. The zero-order valence-electron chi connectivity index (χ0n) is 67.4. The molecule has 122 heavy (non-hydrogen) atoms. The van der Waals surface area contributed by atoms with Crippen LogP contribution in [0.4, 0.5) is 45.2 Å². The maximum Gasteiger partial charge on any atom is 0.573 e. The average molecular weight is 1730 g/mol. The zero-order valence-corrected chi connectivity index (χ0v) is 70.7.